The SMILES string of the molecule is COc1ccc(-c2oc3ccccc3c(=O)c2OCC(=O)Nc2cccc3ccccc23)cc1. The maximum absolute atomic E-state index is 13.2. The summed E-state index contributed by atoms with van der Waals surface area (Å²) in [7, 11) is 1.58. The molecule has 5 rings (SSSR count). The molecule has 4 aromatic carbocycles. The van der Waals surface area contributed by atoms with Crippen LogP contribution in [0.4, 0.5) is 5.69 Å². The second kappa shape index (κ2) is 9.11. The number of methoxy groups -OCH3 is 1. The molecular weight excluding hydrogens is 430 g/mol. The van der Waals surface area contributed by atoms with Gasteiger partial charge in [-0.15, -0.1) is 0 Å². The molecule has 6 heteroatoms. The van der Waals surface area contributed by atoms with Gasteiger partial charge in [-0.25, -0.2) is 0 Å². The summed E-state index contributed by atoms with van der Waals surface area (Å²) in [6, 6.07) is 27.5. The average Bonchev–Trinajstić information content (AvgIpc) is 2.88. The lowest BCUT2D eigenvalue weighted by molar-refractivity contribution is -0.118. The van der Waals surface area contributed by atoms with E-state index in [0.29, 0.717) is 28.0 Å². The first-order chi connectivity index (χ1) is 16.6. The zero-order valence-electron chi connectivity index (χ0n) is 18.4. The summed E-state index contributed by atoms with van der Waals surface area (Å²) in [4.78, 5) is 26.0. The number of hydrogen-bond donors (Lipinski definition) is 1. The monoisotopic (exact) mass is 451 g/mol. The number of carbonyl (C=O) groups is 1. The van der Waals surface area contributed by atoms with Crippen LogP contribution >= 0.6 is 0 Å². The first kappa shape index (κ1) is 21.3. The number of anilines is 1. The summed E-state index contributed by atoms with van der Waals surface area (Å²) >= 11 is 0. The number of carbonyl (C=O) groups excluding carboxylic acids is 1. The topological polar surface area (TPSA) is 77.8 Å². The van der Waals surface area contributed by atoms with E-state index < -0.39 is 0 Å². The van der Waals surface area contributed by atoms with Gasteiger partial charge >= 0.3 is 0 Å². The lowest BCUT2D eigenvalue weighted by Crippen LogP contribution is -2.22. The highest BCUT2D eigenvalue weighted by atomic mass is 16.5. The van der Waals surface area contributed by atoms with Gasteiger partial charge in [0.15, 0.2) is 12.4 Å². The predicted octanol–water partition coefficient (Wildman–Crippen LogP) is 5.64. The molecule has 0 saturated carbocycles. The minimum atomic E-state index is -0.385. The molecule has 5 aromatic rings. The van der Waals surface area contributed by atoms with Crippen molar-refractivity contribution in [3.63, 3.8) is 0 Å². The molecule has 0 atom stereocenters. The van der Waals surface area contributed by atoms with E-state index in [1.165, 1.54) is 0 Å². The normalized spacial score (nSPS) is 10.9. The van der Waals surface area contributed by atoms with Crippen LogP contribution in [0.25, 0.3) is 33.1 Å². The molecule has 1 aromatic heterocycles. The minimum Gasteiger partial charge on any atom is -0.497 e. The molecule has 0 radical (unpaired) electrons. The van der Waals surface area contributed by atoms with E-state index in [1.807, 2.05) is 42.5 Å². The first-order valence-electron chi connectivity index (χ1n) is 10.7. The van der Waals surface area contributed by atoms with Gasteiger partial charge in [-0.1, -0.05) is 48.5 Å². The van der Waals surface area contributed by atoms with Crippen molar-refractivity contribution in [2.75, 3.05) is 19.0 Å². The summed E-state index contributed by atoms with van der Waals surface area (Å²) < 4.78 is 17.0. The van der Waals surface area contributed by atoms with Crippen molar-refractivity contribution < 1.29 is 18.7 Å². The van der Waals surface area contributed by atoms with Gasteiger partial charge in [0, 0.05) is 16.6 Å². The molecule has 1 amide bonds. The van der Waals surface area contributed by atoms with E-state index in [9.17, 15) is 9.59 Å². The Balaban J connectivity index is 1.47. The zero-order chi connectivity index (χ0) is 23.5. The quantitative estimate of drug-likeness (QED) is 0.362. The number of rotatable bonds is 6. The molecule has 0 fully saturated rings. The van der Waals surface area contributed by atoms with Crippen LogP contribution in [-0.4, -0.2) is 19.6 Å². The van der Waals surface area contributed by atoms with Crippen molar-refractivity contribution in [3.05, 3.63) is 101 Å². The summed E-state index contributed by atoms with van der Waals surface area (Å²) in [5.41, 5.74) is 1.40. The largest absolute Gasteiger partial charge is 0.497 e. The van der Waals surface area contributed by atoms with E-state index >= 15 is 0 Å². The molecule has 34 heavy (non-hydrogen) atoms. The van der Waals surface area contributed by atoms with E-state index in [0.717, 1.165) is 10.8 Å². The fourth-order valence-corrected chi connectivity index (χ4v) is 3.85. The van der Waals surface area contributed by atoms with Crippen LogP contribution in [0, 0.1) is 0 Å². The third-order valence-electron chi connectivity index (χ3n) is 5.52. The maximum atomic E-state index is 13.2. The molecule has 6 nitrogen and oxygen atoms in total. The molecule has 0 aliphatic carbocycles. The second-order valence-electron chi connectivity index (χ2n) is 7.68. The predicted molar refractivity (Wildman–Crippen MR) is 133 cm³/mol. The van der Waals surface area contributed by atoms with Crippen LogP contribution in [0.15, 0.2) is 100 Å². The molecule has 1 N–H and O–H groups in total. The van der Waals surface area contributed by atoms with Crippen molar-refractivity contribution >= 4 is 33.3 Å². The Morgan fingerprint density at radius 1 is 0.853 bits per heavy atom. The van der Waals surface area contributed by atoms with Crippen LogP contribution in [0.5, 0.6) is 11.5 Å². The molecule has 0 bridgehead atoms. The number of benzene rings is 4. The highest BCUT2D eigenvalue weighted by Crippen LogP contribution is 2.32. The van der Waals surface area contributed by atoms with Crippen LogP contribution in [0.3, 0.4) is 0 Å². The molecule has 0 aliphatic heterocycles. The van der Waals surface area contributed by atoms with Gasteiger partial charge in [-0.2, -0.15) is 0 Å². The Morgan fingerprint density at radius 3 is 2.35 bits per heavy atom. The number of fused-ring (bicyclic) bond motifs is 2. The third-order valence-corrected chi connectivity index (χ3v) is 5.52. The van der Waals surface area contributed by atoms with Gasteiger partial charge in [-0.3, -0.25) is 9.59 Å². The Labute approximate surface area is 195 Å². The van der Waals surface area contributed by atoms with Crippen molar-refractivity contribution in [2.24, 2.45) is 0 Å². The van der Waals surface area contributed by atoms with Gasteiger partial charge in [0.1, 0.15) is 11.3 Å². The standard InChI is InChI=1S/C28H21NO5/c1-32-20-15-13-19(14-16-20)27-28(26(31)22-10-4-5-12-24(22)34-27)33-17-25(30)29-23-11-6-8-18-7-2-3-9-21(18)23/h2-16H,17H2,1H3,(H,29,30). The van der Waals surface area contributed by atoms with E-state index in [1.54, 1.807) is 55.6 Å². The molecule has 168 valence electrons. The van der Waals surface area contributed by atoms with Gasteiger partial charge in [0.2, 0.25) is 11.2 Å². The Hall–Kier alpha value is -4.58. The molecular formula is C28H21NO5. The highest BCUT2D eigenvalue weighted by molar-refractivity contribution is 6.02. The molecule has 0 saturated heterocycles. The third kappa shape index (κ3) is 4.09. The smallest absolute Gasteiger partial charge is 0.262 e. The number of nitrogens with one attached hydrogen (secondary N) is 1. The highest BCUT2D eigenvalue weighted by Gasteiger charge is 2.19. The van der Waals surface area contributed by atoms with E-state index in [4.69, 9.17) is 13.9 Å². The Kier molecular flexibility index (Phi) is 5.70. The second-order valence-corrected chi connectivity index (χ2v) is 7.68. The van der Waals surface area contributed by atoms with E-state index in [2.05, 4.69) is 5.32 Å². The van der Waals surface area contributed by atoms with Gasteiger partial charge in [0.25, 0.3) is 5.91 Å². The Morgan fingerprint density at radius 2 is 1.56 bits per heavy atom. The minimum absolute atomic E-state index is 0.0167. The van der Waals surface area contributed by atoms with Crippen molar-refractivity contribution in [2.45, 2.75) is 0 Å². The molecule has 1 heterocycles. The Bertz CT molecular complexity index is 1550. The summed E-state index contributed by atoms with van der Waals surface area (Å²) in [6.07, 6.45) is 0. The average molecular weight is 451 g/mol. The van der Waals surface area contributed by atoms with Crippen molar-refractivity contribution in [1.29, 1.82) is 0 Å². The number of hydrogen-bond acceptors (Lipinski definition) is 5. The van der Waals surface area contributed by atoms with Gasteiger partial charge < -0.3 is 19.2 Å². The summed E-state index contributed by atoms with van der Waals surface area (Å²) in [5.74, 6) is 0.523. The van der Waals surface area contributed by atoms with Crippen LogP contribution in [0.1, 0.15) is 0 Å². The molecule has 0 spiro atoms. The van der Waals surface area contributed by atoms with Crippen LogP contribution < -0.4 is 20.2 Å². The van der Waals surface area contributed by atoms with Crippen LogP contribution in [-0.2, 0) is 4.79 Å². The number of ether oxygens (including phenoxy) is 2. The zero-order valence-corrected chi connectivity index (χ0v) is 18.4. The van der Waals surface area contributed by atoms with Crippen molar-refractivity contribution in [1.82, 2.24) is 0 Å². The summed E-state index contributed by atoms with van der Waals surface area (Å²) in [5, 5.41) is 5.18. The number of amides is 1. The van der Waals surface area contributed by atoms with E-state index in [-0.39, 0.29) is 29.5 Å². The van der Waals surface area contributed by atoms with Crippen LogP contribution in [0.2, 0.25) is 0 Å². The lowest BCUT2D eigenvalue weighted by Gasteiger charge is -2.13. The fourth-order valence-electron chi connectivity index (χ4n) is 3.85. The number of para-hydroxylation sites is 1. The first-order valence-corrected chi connectivity index (χ1v) is 10.7. The lowest BCUT2D eigenvalue weighted by atomic mass is 10.1. The molecule has 0 aliphatic rings. The summed E-state index contributed by atoms with van der Waals surface area (Å²) in [6.45, 7) is -0.352. The van der Waals surface area contributed by atoms with Gasteiger partial charge in [0.05, 0.1) is 12.5 Å². The molecule has 0 unspecified atom stereocenters. The van der Waals surface area contributed by atoms with Gasteiger partial charge in [-0.05, 0) is 47.9 Å². The fraction of sp³-hybridized carbons (Fsp3) is 0.0714. The van der Waals surface area contributed by atoms with Crippen molar-refractivity contribution in [3.8, 4) is 22.8 Å². The maximum Gasteiger partial charge on any atom is 0.262 e.